The predicted octanol–water partition coefficient (Wildman–Crippen LogP) is 6.07. The van der Waals surface area contributed by atoms with Crippen LogP contribution in [0.2, 0.25) is 10.0 Å². The molecule has 0 heterocycles. The number of nitrogens with one attached hydrogen (secondary N) is 1. The summed E-state index contributed by atoms with van der Waals surface area (Å²) in [6, 6.07) is 12.6. The summed E-state index contributed by atoms with van der Waals surface area (Å²) in [5.74, 6) is -1.22. The van der Waals surface area contributed by atoms with E-state index in [1.165, 1.54) is 49.5 Å². The lowest BCUT2D eigenvalue weighted by Gasteiger charge is -2.34. The second kappa shape index (κ2) is 14.5. The van der Waals surface area contributed by atoms with Crippen molar-refractivity contribution in [3.8, 4) is 11.5 Å². The molecule has 13 heteroatoms. The van der Waals surface area contributed by atoms with Crippen LogP contribution in [0.25, 0.3) is 0 Å². The lowest BCUT2D eigenvalue weighted by atomic mass is 10.1. The number of methoxy groups -OCH3 is 2. The van der Waals surface area contributed by atoms with Gasteiger partial charge in [0, 0.05) is 18.2 Å². The van der Waals surface area contributed by atoms with E-state index in [4.69, 9.17) is 32.7 Å². The van der Waals surface area contributed by atoms with Crippen molar-refractivity contribution >= 4 is 50.7 Å². The molecule has 1 atom stereocenters. The molecule has 0 aliphatic rings. The second-order valence-electron chi connectivity index (χ2n) is 10.9. The third-order valence-electron chi connectivity index (χ3n) is 6.56. The summed E-state index contributed by atoms with van der Waals surface area (Å²) < 4.78 is 53.5. The minimum absolute atomic E-state index is 0.0382. The molecule has 0 fully saturated rings. The van der Waals surface area contributed by atoms with Crippen molar-refractivity contribution in [2.45, 2.75) is 57.1 Å². The van der Waals surface area contributed by atoms with Crippen LogP contribution in [0.15, 0.2) is 65.6 Å². The number of anilines is 1. The van der Waals surface area contributed by atoms with Gasteiger partial charge in [-0.25, -0.2) is 12.8 Å². The van der Waals surface area contributed by atoms with E-state index in [-0.39, 0.29) is 34.3 Å². The number of nitrogens with zero attached hydrogens (tertiary/aromatic N) is 2. The zero-order chi connectivity index (χ0) is 32.8. The van der Waals surface area contributed by atoms with Crippen LogP contribution >= 0.6 is 23.2 Å². The number of benzene rings is 3. The molecule has 3 aromatic rings. The lowest BCUT2D eigenvalue weighted by molar-refractivity contribution is -0.141. The monoisotopic (exact) mass is 667 g/mol. The number of amides is 2. The molecule has 0 aromatic heterocycles. The Kier molecular flexibility index (Phi) is 11.5. The molecule has 9 nitrogen and oxygen atoms in total. The van der Waals surface area contributed by atoms with Crippen LogP contribution in [0, 0.1) is 5.82 Å². The molecule has 238 valence electrons. The van der Waals surface area contributed by atoms with E-state index in [1.54, 1.807) is 25.1 Å². The highest BCUT2D eigenvalue weighted by Gasteiger charge is 2.35. The van der Waals surface area contributed by atoms with Gasteiger partial charge in [-0.15, -0.1) is 0 Å². The summed E-state index contributed by atoms with van der Waals surface area (Å²) in [7, 11) is -1.65. The zero-order valence-electron chi connectivity index (χ0n) is 25.4. The zero-order valence-corrected chi connectivity index (χ0v) is 27.7. The van der Waals surface area contributed by atoms with Gasteiger partial charge in [-0.05, 0) is 81.3 Å². The highest BCUT2D eigenvalue weighted by molar-refractivity contribution is 7.92. The van der Waals surface area contributed by atoms with E-state index < -0.39 is 45.8 Å². The fraction of sp³-hybridized carbons (Fsp3) is 0.355. The van der Waals surface area contributed by atoms with Gasteiger partial charge in [0.25, 0.3) is 10.0 Å². The van der Waals surface area contributed by atoms with Gasteiger partial charge in [-0.3, -0.25) is 13.9 Å². The standard InChI is InChI=1S/C31H36Cl2FN3O6S/c1-7-26(30(39)35-31(2,3)4)36(18-20-8-14-24(32)25(33)16-20)29(38)19-37(22-11-9-21(34)10-12-22)44(40,41)23-13-15-27(42-5)28(17-23)43-6/h8-17,26H,7,18-19H2,1-6H3,(H,35,39)/t26-/m1/s1. The third kappa shape index (κ3) is 8.55. The van der Waals surface area contributed by atoms with E-state index in [9.17, 15) is 22.4 Å². The molecule has 44 heavy (non-hydrogen) atoms. The van der Waals surface area contributed by atoms with Gasteiger partial charge in [0.05, 0.1) is 34.8 Å². The van der Waals surface area contributed by atoms with Gasteiger partial charge in [-0.1, -0.05) is 36.2 Å². The maximum absolute atomic E-state index is 14.2. The molecule has 0 saturated carbocycles. The van der Waals surface area contributed by atoms with Gasteiger partial charge >= 0.3 is 0 Å². The van der Waals surface area contributed by atoms with Gasteiger partial charge in [0.1, 0.15) is 18.4 Å². The molecule has 0 unspecified atom stereocenters. The fourth-order valence-electron chi connectivity index (χ4n) is 4.45. The molecule has 3 aromatic carbocycles. The van der Waals surface area contributed by atoms with Crippen molar-refractivity contribution in [2.75, 3.05) is 25.1 Å². The number of carbonyl (C=O) groups is 2. The molecular formula is C31H36Cl2FN3O6S. The molecule has 0 aliphatic carbocycles. The van der Waals surface area contributed by atoms with Crippen LogP contribution in [0.5, 0.6) is 11.5 Å². The molecule has 0 bridgehead atoms. The van der Waals surface area contributed by atoms with Crippen molar-refractivity contribution in [3.05, 3.63) is 82.1 Å². The number of hydrogen-bond acceptors (Lipinski definition) is 6. The van der Waals surface area contributed by atoms with Crippen molar-refractivity contribution in [1.29, 1.82) is 0 Å². The van der Waals surface area contributed by atoms with E-state index in [1.807, 2.05) is 20.8 Å². The van der Waals surface area contributed by atoms with Crippen LogP contribution in [-0.2, 0) is 26.2 Å². The number of sulfonamides is 1. The Hall–Kier alpha value is -3.54. The second-order valence-corrected chi connectivity index (χ2v) is 13.6. The highest BCUT2D eigenvalue weighted by atomic mass is 35.5. The highest BCUT2D eigenvalue weighted by Crippen LogP contribution is 2.33. The topological polar surface area (TPSA) is 105 Å². The van der Waals surface area contributed by atoms with Crippen molar-refractivity contribution in [2.24, 2.45) is 0 Å². The van der Waals surface area contributed by atoms with Gasteiger partial charge in [-0.2, -0.15) is 0 Å². The summed E-state index contributed by atoms with van der Waals surface area (Å²) in [4.78, 5) is 28.7. The summed E-state index contributed by atoms with van der Waals surface area (Å²) in [5.41, 5.74) is 0.0155. The summed E-state index contributed by atoms with van der Waals surface area (Å²) in [6.45, 7) is 6.42. The van der Waals surface area contributed by atoms with Crippen LogP contribution in [-0.4, -0.2) is 57.5 Å². The molecule has 0 saturated heterocycles. The van der Waals surface area contributed by atoms with Gasteiger partial charge in [0.15, 0.2) is 11.5 Å². The fourth-order valence-corrected chi connectivity index (χ4v) is 6.20. The first-order chi connectivity index (χ1) is 20.6. The van der Waals surface area contributed by atoms with Crippen LogP contribution in [0.3, 0.4) is 0 Å². The quantitative estimate of drug-likeness (QED) is 0.252. The maximum Gasteiger partial charge on any atom is 0.264 e. The van der Waals surface area contributed by atoms with E-state index >= 15 is 0 Å². The van der Waals surface area contributed by atoms with Crippen molar-refractivity contribution < 1.29 is 31.9 Å². The number of halogens is 3. The summed E-state index contributed by atoms with van der Waals surface area (Å²) >= 11 is 12.3. The Bertz CT molecular complexity index is 1600. The van der Waals surface area contributed by atoms with Crippen LogP contribution in [0.1, 0.15) is 39.7 Å². The normalized spacial score (nSPS) is 12.3. The Morgan fingerprint density at radius 1 is 0.932 bits per heavy atom. The smallest absolute Gasteiger partial charge is 0.264 e. The molecule has 1 N–H and O–H groups in total. The average Bonchev–Trinajstić information content (AvgIpc) is 2.96. The van der Waals surface area contributed by atoms with Gasteiger partial charge in [0.2, 0.25) is 11.8 Å². The number of rotatable bonds is 12. The molecule has 0 aliphatic heterocycles. The molecular weight excluding hydrogens is 632 g/mol. The first-order valence-electron chi connectivity index (χ1n) is 13.7. The first-order valence-corrected chi connectivity index (χ1v) is 15.9. The van der Waals surface area contributed by atoms with Gasteiger partial charge < -0.3 is 19.7 Å². The molecule has 0 spiro atoms. The van der Waals surface area contributed by atoms with Crippen LogP contribution in [0.4, 0.5) is 10.1 Å². The Morgan fingerprint density at radius 3 is 2.11 bits per heavy atom. The largest absolute Gasteiger partial charge is 0.493 e. The first kappa shape index (κ1) is 34.9. The minimum atomic E-state index is -4.43. The van der Waals surface area contributed by atoms with Crippen molar-refractivity contribution in [1.82, 2.24) is 10.2 Å². The van der Waals surface area contributed by atoms with E-state index in [0.29, 0.717) is 16.3 Å². The molecule has 3 rings (SSSR count). The number of carbonyl (C=O) groups excluding carboxylic acids is 2. The van der Waals surface area contributed by atoms with Crippen LogP contribution < -0.4 is 19.1 Å². The molecule has 0 radical (unpaired) electrons. The van der Waals surface area contributed by atoms with E-state index in [0.717, 1.165) is 16.4 Å². The SMILES string of the molecule is CC[C@H](C(=O)NC(C)(C)C)N(Cc1ccc(Cl)c(Cl)c1)C(=O)CN(c1ccc(F)cc1)S(=O)(=O)c1ccc(OC)c(OC)c1. The predicted molar refractivity (Wildman–Crippen MR) is 169 cm³/mol. The lowest BCUT2D eigenvalue weighted by Crippen LogP contribution is -2.55. The average molecular weight is 669 g/mol. The Balaban J connectivity index is 2.12. The third-order valence-corrected chi connectivity index (χ3v) is 9.07. The number of ether oxygens (including phenoxy) is 2. The van der Waals surface area contributed by atoms with Crippen molar-refractivity contribution in [3.63, 3.8) is 0 Å². The minimum Gasteiger partial charge on any atom is -0.493 e. The summed E-state index contributed by atoms with van der Waals surface area (Å²) in [6.07, 6.45) is 0.230. The van der Waals surface area contributed by atoms with E-state index in [2.05, 4.69) is 5.32 Å². The molecule has 2 amide bonds. The Labute approximate surface area is 267 Å². The number of hydrogen-bond donors (Lipinski definition) is 1. The Morgan fingerprint density at radius 2 is 1.57 bits per heavy atom. The maximum atomic E-state index is 14.2. The summed E-state index contributed by atoms with van der Waals surface area (Å²) in [5, 5.41) is 3.47.